The fraction of sp³-hybridized carbons (Fsp3) is 0.833. The molecular weight excluding hydrogens is 190 g/mol. The monoisotopic (exact) mass is 211 g/mol. The summed E-state index contributed by atoms with van der Waals surface area (Å²) in [5, 5.41) is 2.71. The van der Waals surface area contributed by atoms with Gasteiger partial charge in [-0.25, -0.2) is 0 Å². The lowest BCUT2D eigenvalue weighted by Crippen LogP contribution is -2.30. The minimum Gasteiger partial charge on any atom is -0.359 e. The van der Waals surface area contributed by atoms with Gasteiger partial charge in [-0.3, -0.25) is 4.79 Å². The lowest BCUT2D eigenvalue weighted by atomic mass is 9.79. The smallest absolute Gasteiger partial charge is 0.222 e. The zero-order valence-electron chi connectivity index (χ0n) is 9.71. The fourth-order valence-electron chi connectivity index (χ4n) is 2.32. The molecule has 3 nitrogen and oxygen atoms in total. The van der Waals surface area contributed by atoms with E-state index in [1.54, 1.807) is 14.0 Å². The van der Waals surface area contributed by atoms with E-state index in [0.29, 0.717) is 12.3 Å². The molecule has 0 radical (unpaired) electrons. The van der Waals surface area contributed by atoms with Gasteiger partial charge in [-0.2, -0.15) is 0 Å². The number of hydrogen-bond donors (Lipinski definition) is 1. The van der Waals surface area contributed by atoms with Crippen molar-refractivity contribution in [3.63, 3.8) is 0 Å². The van der Waals surface area contributed by atoms with E-state index in [1.165, 1.54) is 0 Å². The minimum absolute atomic E-state index is 0.181. The molecule has 1 aliphatic rings. The predicted molar refractivity (Wildman–Crippen MR) is 59.4 cm³/mol. The van der Waals surface area contributed by atoms with E-state index in [-0.39, 0.29) is 17.6 Å². The van der Waals surface area contributed by atoms with Gasteiger partial charge in [0.2, 0.25) is 5.91 Å². The second-order valence-corrected chi connectivity index (χ2v) is 4.57. The summed E-state index contributed by atoms with van der Waals surface area (Å²) >= 11 is 0. The molecule has 0 aliphatic heterocycles. The summed E-state index contributed by atoms with van der Waals surface area (Å²) in [6, 6.07) is 0. The molecule has 0 unspecified atom stereocenters. The van der Waals surface area contributed by atoms with Crippen LogP contribution in [0.15, 0.2) is 0 Å². The summed E-state index contributed by atoms with van der Waals surface area (Å²) in [4.78, 5) is 22.2. The number of amides is 1. The van der Waals surface area contributed by atoms with Gasteiger partial charge in [0.05, 0.1) is 0 Å². The maximum Gasteiger partial charge on any atom is 0.222 e. The summed E-state index contributed by atoms with van der Waals surface area (Å²) in [6.07, 6.45) is 5.90. The van der Waals surface area contributed by atoms with E-state index in [9.17, 15) is 9.59 Å². The average molecular weight is 211 g/mol. The Morgan fingerprint density at radius 3 is 2.27 bits per heavy atom. The third-order valence-corrected chi connectivity index (χ3v) is 3.37. The van der Waals surface area contributed by atoms with Crippen molar-refractivity contribution in [1.82, 2.24) is 5.32 Å². The number of nitrogens with one attached hydrogen (secondary N) is 1. The molecule has 86 valence electrons. The second kappa shape index (κ2) is 5.89. The lowest BCUT2D eigenvalue weighted by molar-refractivity contribution is -0.126. The standard InChI is InChI=1S/C12H21NO2/c1-9(14)3-4-10-5-7-11(8-6-10)12(15)13-2/h10-11H,3-8H2,1-2H3,(H,13,15). The van der Waals surface area contributed by atoms with Gasteiger partial charge in [-0.1, -0.05) is 0 Å². The second-order valence-electron chi connectivity index (χ2n) is 4.57. The first-order valence-electron chi connectivity index (χ1n) is 5.84. The highest BCUT2D eigenvalue weighted by molar-refractivity contribution is 5.78. The van der Waals surface area contributed by atoms with Crippen LogP contribution in [0.2, 0.25) is 0 Å². The molecule has 0 heterocycles. The molecule has 0 spiro atoms. The number of carbonyl (C=O) groups is 2. The van der Waals surface area contributed by atoms with Gasteiger partial charge < -0.3 is 10.1 Å². The third-order valence-electron chi connectivity index (χ3n) is 3.37. The lowest BCUT2D eigenvalue weighted by Gasteiger charge is -2.27. The van der Waals surface area contributed by atoms with Crippen molar-refractivity contribution >= 4 is 11.7 Å². The van der Waals surface area contributed by atoms with E-state index < -0.39 is 0 Å². The summed E-state index contributed by atoms with van der Waals surface area (Å²) in [6.45, 7) is 1.65. The van der Waals surface area contributed by atoms with Crippen LogP contribution in [0, 0.1) is 11.8 Å². The molecule has 0 bridgehead atoms. The molecule has 0 aromatic heterocycles. The SMILES string of the molecule is CNC(=O)C1CCC(CCC(C)=O)CC1. The number of rotatable bonds is 4. The van der Waals surface area contributed by atoms with Gasteiger partial charge in [0.15, 0.2) is 0 Å². The molecule has 1 amide bonds. The first-order valence-corrected chi connectivity index (χ1v) is 5.84. The zero-order chi connectivity index (χ0) is 11.3. The Labute approximate surface area is 91.6 Å². The topological polar surface area (TPSA) is 46.2 Å². The number of ketones is 1. The first kappa shape index (κ1) is 12.2. The molecule has 0 atom stereocenters. The Bertz CT molecular complexity index is 230. The van der Waals surface area contributed by atoms with Crippen LogP contribution in [-0.2, 0) is 9.59 Å². The molecule has 3 heteroatoms. The van der Waals surface area contributed by atoms with E-state index in [4.69, 9.17) is 0 Å². The zero-order valence-corrected chi connectivity index (χ0v) is 9.71. The van der Waals surface area contributed by atoms with Crippen LogP contribution in [-0.4, -0.2) is 18.7 Å². The number of carbonyl (C=O) groups excluding carboxylic acids is 2. The molecule has 0 saturated heterocycles. The van der Waals surface area contributed by atoms with Crippen molar-refractivity contribution < 1.29 is 9.59 Å². The Hall–Kier alpha value is -0.860. The number of hydrogen-bond acceptors (Lipinski definition) is 2. The van der Waals surface area contributed by atoms with E-state index in [0.717, 1.165) is 32.1 Å². The van der Waals surface area contributed by atoms with E-state index in [2.05, 4.69) is 5.32 Å². The van der Waals surface area contributed by atoms with Crippen molar-refractivity contribution in [2.24, 2.45) is 11.8 Å². The predicted octanol–water partition coefficient (Wildman–Crippen LogP) is 1.91. The largest absolute Gasteiger partial charge is 0.359 e. The van der Waals surface area contributed by atoms with Gasteiger partial charge in [0.1, 0.15) is 5.78 Å². The molecule has 0 aromatic rings. The van der Waals surface area contributed by atoms with Crippen molar-refractivity contribution in [3.8, 4) is 0 Å². The maximum absolute atomic E-state index is 11.4. The van der Waals surface area contributed by atoms with Crippen LogP contribution in [0.5, 0.6) is 0 Å². The van der Waals surface area contributed by atoms with E-state index >= 15 is 0 Å². The van der Waals surface area contributed by atoms with Crippen molar-refractivity contribution in [3.05, 3.63) is 0 Å². The Kier molecular flexibility index (Phi) is 4.79. The number of Topliss-reactive ketones (excluding diaryl/α,β-unsaturated/α-hetero) is 1. The van der Waals surface area contributed by atoms with Crippen LogP contribution in [0.25, 0.3) is 0 Å². The van der Waals surface area contributed by atoms with Crippen LogP contribution in [0.3, 0.4) is 0 Å². The van der Waals surface area contributed by atoms with Crippen molar-refractivity contribution in [1.29, 1.82) is 0 Å². The molecule has 1 aliphatic carbocycles. The molecule has 1 N–H and O–H groups in total. The highest BCUT2D eigenvalue weighted by Gasteiger charge is 2.25. The molecule has 15 heavy (non-hydrogen) atoms. The normalized spacial score (nSPS) is 26.0. The third kappa shape index (κ3) is 4.02. The Morgan fingerprint density at radius 1 is 1.20 bits per heavy atom. The summed E-state index contributed by atoms with van der Waals surface area (Å²) in [7, 11) is 1.70. The Morgan fingerprint density at radius 2 is 1.80 bits per heavy atom. The van der Waals surface area contributed by atoms with Gasteiger partial charge in [0, 0.05) is 19.4 Å². The molecular formula is C12H21NO2. The van der Waals surface area contributed by atoms with Gasteiger partial charge >= 0.3 is 0 Å². The van der Waals surface area contributed by atoms with Crippen LogP contribution in [0.4, 0.5) is 0 Å². The summed E-state index contributed by atoms with van der Waals surface area (Å²) < 4.78 is 0. The van der Waals surface area contributed by atoms with Gasteiger partial charge in [0.25, 0.3) is 0 Å². The highest BCUT2D eigenvalue weighted by atomic mass is 16.1. The Balaban J connectivity index is 2.23. The van der Waals surface area contributed by atoms with Crippen LogP contribution >= 0.6 is 0 Å². The van der Waals surface area contributed by atoms with Crippen LogP contribution in [0.1, 0.15) is 45.4 Å². The first-order chi connectivity index (χ1) is 7.13. The summed E-state index contributed by atoms with van der Waals surface area (Å²) in [5.41, 5.74) is 0. The van der Waals surface area contributed by atoms with Crippen molar-refractivity contribution in [2.75, 3.05) is 7.05 Å². The van der Waals surface area contributed by atoms with Crippen molar-refractivity contribution in [2.45, 2.75) is 45.4 Å². The van der Waals surface area contributed by atoms with Crippen LogP contribution < -0.4 is 5.32 Å². The van der Waals surface area contributed by atoms with Gasteiger partial charge in [-0.05, 0) is 44.9 Å². The maximum atomic E-state index is 11.4. The fourth-order valence-corrected chi connectivity index (χ4v) is 2.32. The average Bonchev–Trinajstić information content (AvgIpc) is 2.26. The van der Waals surface area contributed by atoms with E-state index in [1.807, 2.05) is 0 Å². The molecule has 1 fully saturated rings. The molecule has 1 saturated carbocycles. The minimum atomic E-state index is 0.181. The highest BCUT2D eigenvalue weighted by Crippen LogP contribution is 2.31. The molecule has 1 rings (SSSR count). The summed E-state index contributed by atoms with van der Waals surface area (Å²) in [5.74, 6) is 1.34. The van der Waals surface area contributed by atoms with Gasteiger partial charge in [-0.15, -0.1) is 0 Å². The quantitative estimate of drug-likeness (QED) is 0.772. The molecule has 0 aromatic carbocycles.